The Labute approximate surface area is 96.3 Å². The molecular formula is C14H30O. The van der Waals surface area contributed by atoms with Gasteiger partial charge >= 0.3 is 0 Å². The van der Waals surface area contributed by atoms with Crippen molar-refractivity contribution in [1.29, 1.82) is 0 Å². The van der Waals surface area contributed by atoms with Gasteiger partial charge in [-0.1, -0.05) is 48.5 Å². The summed E-state index contributed by atoms with van der Waals surface area (Å²) in [6, 6.07) is 0. The number of hydrogen-bond donors (Lipinski definition) is 1. The Morgan fingerprint density at radius 3 is 1.47 bits per heavy atom. The molecule has 0 fully saturated rings. The van der Waals surface area contributed by atoms with Crippen LogP contribution in [0.5, 0.6) is 0 Å². The van der Waals surface area contributed by atoms with E-state index in [2.05, 4.69) is 48.5 Å². The maximum atomic E-state index is 10.9. The van der Waals surface area contributed by atoms with E-state index in [0.29, 0.717) is 11.8 Å². The van der Waals surface area contributed by atoms with Crippen molar-refractivity contribution in [3.8, 4) is 0 Å². The van der Waals surface area contributed by atoms with Gasteiger partial charge in [-0.15, -0.1) is 0 Å². The molecule has 0 aliphatic carbocycles. The van der Waals surface area contributed by atoms with Gasteiger partial charge in [-0.3, -0.25) is 0 Å². The van der Waals surface area contributed by atoms with Gasteiger partial charge in [0.05, 0.1) is 5.60 Å². The van der Waals surface area contributed by atoms with Crippen LogP contribution in [0.2, 0.25) is 0 Å². The molecule has 0 aromatic rings. The molecule has 0 amide bonds. The topological polar surface area (TPSA) is 20.2 Å². The SMILES string of the molecule is CCC(C)(C)C(O)(CC(C)C)CC(C)C. The fourth-order valence-electron chi connectivity index (χ4n) is 2.32. The van der Waals surface area contributed by atoms with Crippen molar-refractivity contribution in [2.45, 2.75) is 73.3 Å². The van der Waals surface area contributed by atoms with E-state index < -0.39 is 5.60 Å². The van der Waals surface area contributed by atoms with Crippen LogP contribution in [0.3, 0.4) is 0 Å². The summed E-state index contributed by atoms with van der Waals surface area (Å²) in [6.45, 7) is 15.3. The average molecular weight is 214 g/mol. The van der Waals surface area contributed by atoms with E-state index in [1.807, 2.05) is 0 Å². The predicted octanol–water partition coefficient (Wildman–Crippen LogP) is 4.25. The number of hydrogen-bond acceptors (Lipinski definition) is 1. The lowest BCUT2D eigenvalue weighted by atomic mass is 9.66. The van der Waals surface area contributed by atoms with E-state index in [9.17, 15) is 5.11 Å². The van der Waals surface area contributed by atoms with E-state index in [1.54, 1.807) is 0 Å². The minimum atomic E-state index is -0.510. The van der Waals surface area contributed by atoms with Gasteiger partial charge in [0.25, 0.3) is 0 Å². The normalized spacial score (nSPS) is 14.0. The lowest BCUT2D eigenvalue weighted by molar-refractivity contribution is -0.0972. The van der Waals surface area contributed by atoms with Crippen molar-refractivity contribution in [3.63, 3.8) is 0 Å². The second-order valence-corrected chi connectivity index (χ2v) is 6.46. The fourth-order valence-corrected chi connectivity index (χ4v) is 2.32. The van der Waals surface area contributed by atoms with Crippen molar-refractivity contribution in [3.05, 3.63) is 0 Å². The molecule has 0 unspecified atom stereocenters. The van der Waals surface area contributed by atoms with Crippen LogP contribution in [0.25, 0.3) is 0 Å². The van der Waals surface area contributed by atoms with Crippen LogP contribution in [-0.4, -0.2) is 10.7 Å². The van der Waals surface area contributed by atoms with Gasteiger partial charge in [0.15, 0.2) is 0 Å². The summed E-state index contributed by atoms with van der Waals surface area (Å²) in [4.78, 5) is 0. The van der Waals surface area contributed by atoms with Crippen molar-refractivity contribution in [2.24, 2.45) is 17.3 Å². The molecular weight excluding hydrogens is 184 g/mol. The molecule has 92 valence electrons. The highest BCUT2D eigenvalue weighted by atomic mass is 16.3. The molecule has 15 heavy (non-hydrogen) atoms. The molecule has 0 aliphatic rings. The first kappa shape index (κ1) is 15.0. The van der Waals surface area contributed by atoms with Crippen molar-refractivity contribution < 1.29 is 5.11 Å². The van der Waals surface area contributed by atoms with E-state index >= 15 is 0 Å². The second kappa shape index (κ2) is 5.34. The van der Waals surface area contributed by atoms with E-state index in [-0.39, 0.29) is 5.41 Å². The van der Waals surface area contributed by atoms with Crippen LogP contribution in [0.1, 0.15) is 67.7 Å². The van der Waals surface area contributed by atoms with Crippen LogP contribution in [0, 0.1) is 17.3 Å². The molecule has 0 heterocycles. The summed E-state index contributed by atoms with van der Waals surface area (Å²) in [5.74, 6) is 1.11. The number of rotatable bonds is 6. The smallest absolute Gasteiger partial charge is 0.0703 e. The van der Waals surface area contributed by atoms with Crippen LogP contribution >= 0.6 is 0 Å². The molecule has 1 N–H and O–H groups in total. The molecule has 0 atom stereocenters. The van der Waals surface area contributed by atoms with Crippen LogP contribution in [-0.2, 0) is 0 Å². The maximum absolute atomic E-state index is 10.9. The molecule has 0 bridgehead atoms. The summed E-state index contributed by atoms with van der Waals surface area (Å²) in [7, 11) is 0. The second-order valence-electron chi connectivity index (χ2n) is 6.46. The molecule has 1 nitrogen and oxygen atoms in total. The molecule has 0 spiro atoms. The first-order valence-electron chi connectivity index (χ1n) is 6.37. The molecule has 0 radical (unpaired) electrons. The highest BCUT2D eigenvalue weighted by Crippen LogP contribution is 2.42. The van der Waals surface area contributed by atoms with Crippen molar-refractivity contribution in [2.75, 3.05) is 0 Å². The minimum absolute atomic E-state index is 0.0154. The zero-order chi connectivity index (χ0) is 12.3. The summed E-state index contributed by atoms with van der Waals surface area (Å²) < 4.78 is 0. The maximum Gasteiger partial charge on any atom is 0.0703 e. The quantitative estimate of drug-likeness (QED) is 0.701. The van der Waals surface area contributed by atoms with Crippen molar-refractivity contribution >= 4 is 0 Å². The van der Waals surface area contributed by atoms with Crippen LogP contribution in [0.15, 0.2) is 0 Å². The average Bonchev–Trinajstić information content (AvgIpc) is 2.00. The van der Waals surface area contributed by atoms with Gasteiger partial charge in [0.2, 0.25) is 0 Å². The van der Waals surface area contributed by atoms with Gasteiger partial charge in [-0.25, -0.2) is 0 Å². The van der Waals surface area contributed by atoms with Gasteiger partial charge in [-0.2, -0.15) is 0 Å². The summed E-state index contributed by atoms with van der Waals surface area (Å²) in [5, 5.41) is 10.9. The largest absolute Gasteiger partial charge is 0.389 e. The third kappa shape index (κ3) is 4.14. The first-order chi connectivity index (χ1) is 6.64. The Morgan fingerprint density at radius 2 is 1.27 bits per heavy atom. The lowest BCUT2D eigenvalue weighted by Crippen LogP contribution is -2.46. The fraction of sp³-hybridized carbons (Fsp3) is 1.00. The Hall–Kier alpha value is -0.0400. The van der Waals surface area contributed by atoms with Gasteiger partial charge < -0.3 is 5.11 Å². The summed E-state index contributed by atoms with van der Waals surface area (Å²) in [5.41, 5.74) is -0.494. The Bertz CT molecular complexity index is 170. The number of aliphatic hydroxyl groups is 1. The summed E-state index contributed by atoms with van der Waals surface area (Å²) >= 11 is 0. The highest BCUT2D eigenvalue weighted by Gasteiger charge is 2.42. The molecule has 0 aromatic carbocycles. The third-order valence-electron chi connectivity index (χ3n) is 3.64. The predicted molar refractivity (Wildman–Crippen MR) is 67.9 cm³/mol. The summed E-state index contributed by atoms with van der Waals surface area (Å²) in [6.07, 6.45) is 2.85. The van der Waals surface area contributed by atoms with Gasteiger partial charge in [-0.05, 0) is 36.5 Å². The van der Waals surface area contributed by atoms with Gasteiger partial charge in [0.1, 0.15) is 0 Å². The van der Waals surface area contributed by atoms with E-state index in [0.717, 1.165) is 19.3 Å². The molecule has 0 saturated carbocycles. The van der Waals surface area contributed by atoms with Crippen LogP contribution in [0.4, 0.5) is 0 Å². The standard InChI is InChI=1S/C14H30O/c1-8-13(6,7)14(15,9-11(2)3)10-12(4)5/h11-12,15H,8-10H2,1-7H3. The van der Waals surface area contributed by atoms with E-state index in [4.69, 9.17) is 0 Å². The molecule has 0 aliphatic heterocycles. The monoisotopic (exact) mass is 214 g/mol. The highest BCUT2D eigenvalue weighted by molar-refractivity contribution is 4.93. The lowest BCUT2D eigenvalue weighted by Gasteiger charge is -2.45. The molecule has 0 saturated heterocycles. The van der Waals surface area contributed by atoms with Crippen LogP contribution < -0.4 is 0 Å². The Kier molecular flexibility index (Phi) is 5.32. The zero-order valence-corrected chi connectivity index (χ0v) is 11.7. The van der Waals surface area contributed by atoms with Crippen molar-refractivity contribution in [1.82, 2.24) is 0 Å². The van der Waals surface area contributed by atoms with Gasteiger partial charge in [0, 0.05) is 0 Å². The Balaban J connectivity index is 4.84. The Morgan fingerprint density at radius 1 is 0.933 bits per heavy atom. The molecule has 1 heteroatoms. The minimum Gasteiger partial charge on any atom is -0.389 e. The zero-order valence-electron chi connectivity index (χ0n) is 11.7. The first-order valence-corrected chi connectivity index (χ1v) is 6.37. The molecule has 0 rings (SSSR count). The van der Waals surface area contributed by atoms with E-state index in [1.165, 1.54) is 0 Å². The molecule has 0 aromatic heterocycles. The third-order valence-corrected chi connectivity index (χ3v) is 3.64.